The van der Waals surface area contributed by atoms with Gasteiger partial charge in [0, 0.05) is 32.1 Å². The molecule has 0 saturated carbocycles. The first-order valence-electron chi connectivity index (χ1n) is 9.32. The van der Waals surface area contributed by atoms with Crippen molar-refractivity contribution in [3.8, 4) is 5.75 Å². The summed E-state index contributed by atoms with van der Waals surface area (Å²) in [5.41, 5.74) is 3.57. The number of Topliss-reactive ketones (excluding diaryl/α,β-unsaturated/α-hetero) is 1. The number of hydrogen-bond acceptors (Lipinski definition) is 5. The molecule has 2 aliphatic heterocycles. The molecule has 2 aromatic carbocycles. The van der Waals surface area contributed by atoms with E-state index in [1.807, 2.05) is 18.2 Å². The summed E-state index contributed by atoms with van der Waals surface area (Å²) in [6.07, 6.45) is 3.93. The Balaban J connectivity index is 1.48. The molecule has 2 aromatic rings. The van der Waals surface area contributed by atoms with Crippen LogP contribution in [0, 0.1) is 0 Å². The van der Waals surface area contributed by atoms with E-state index in [0.717, 1.165) is 26.1 Å². The maximum Gasteiger partial charge on any atom is 0.267 e. The van der Waals surface area contributed by atoms with E-state index in [1.54, 1.807) is 24.3 Å². The Labute approximate surface area is 163 Å². The number of benzene rings is 2. The van der Waals surface area contributed by atoms with Crippen molar-refractivity contribution in [3.05, 3.63) is 71.3 Å². The third-order valence-electron chi connectivity index (χ3n) is 5.29. The van der Waals surface area contributed by atoms with Crippen molar-refractivity contribution in [3.63, 3.8) is 0 Å². The molecule has 28 heavy (non-hydrogen) atoms. The third-order valence-corrected chi connectivity index (χ3v) is 5.29. The van der Waals surface area contributed by atoms with Gasteiger partial charge in [0.2, 0.25) is 0 Å². The van der Waals surface area contributed by atoms with Crippen LogP contribution in [0.4, 0.5) is 0 Å². The molecule has 2 heterocycles. The van der Waals surface area contributed by atoms with Gasteiger partial charge < -0.3 is 4.74 Å². The maximum absolute atomic E-state index is 12.8. The van der Waals surface area contributed by atoms with Gasteiger partial charge in [-0.3, -0.25) is 19.7 Å². The van der Waals surface area contributed by atoms with E-state index >= 15 is 0 Å². The van der Waals surface area contributed by atoms with Crippen molar-refractivity contribution < 1.29 is 19.5 Å². The number of likely N-dealkylation sites (tertiary alicyclic amines) is 1. The van der Waals surface area contributed by atoms with Crippen molar-refractivity contribution in [2.24, 2.45) is 0 Å². The van der Waals surface area contributed by atoms with Crippen LogP contribution in [-0.2, 0) is 11.3 Å². The Kier molecular flexibility index (Phi) is 4.98. The molecule has 1 spiro atoms. The highest BCUT2D eigenvalue weighted by molar-refractivity contribution is 6.01. The van der Waals surface area contributed by atoms with Gasteiger partial charge in [0.15, 0.2) is 5.78 Å². The summed E-state index contributed by atoms with van der Waals surface area (Å²) in [6, 6.07) is 15.6. The molecule has 2 N–H and O–H groups in total. The maximum atomic E-state index is 12.8. The lowest BCUT2D eigenvalue weighted by molar-refractivity contribution is -0.124. The number of ether oxygens (including phenoxy) is 1. The van der Waals surface area contributed by atoms with Gasteiger partial charge >= 0.3 is 0 Å². The van der Waals surface area contributed by atoms with Gasteiger partial charge in [-0.2, -0.15) is 0 Å². The summed E-state index contributed by atoms with van der Waals surface area (Å²) in [5.74, 6) is 0.0370. The average Bonchev–Trinajstić information content (AvgIpc) is 3.08. The van der Waals surface area contributed by atoms with E-state index in [4.69, 9.17) is 9.94 Å². The van der Waals surface area contributed by atoms with Crippen LogP contribution in [0.5, 0.6) is 5.75 Å². The van der Waals surface area contributed by atoms with Gasteiger partial charge in [0.25, 0.3) is 5.91 Å². The van der Waals surface area contributed by atoms with E-state index in [0.29, 0.717) is 23.3 Å². The molecule has 1 fully saturated rings. The zero-order valence-corrected chi connectivity index (χ0v) is 15.4. The van der Waals surface area contributed by atoms with Crippen LogP contribution in [0.1, 0.15) is 34.3 Å². The first kappa shape index (κ1) is 18.4. The molecule has 2 aliphatic rings. The Morgan fingerprint density at radius 1 is 1.25 bits per heavy atom. The topological polar surface area (TPSA) is 78.9 Å². The number of rotatable bonds is 4. The fraction of sp³-hybridized carbons (Fsp3) is 0.273. The van der Waals surface area contributed by atoms with E-state index in [1.165, 1.54) is 17.1 Å². The highest BCUT2D eigenvalue weighted by Crippen LogP contribution is 2.39. The van der Waals surface area contributed by atoms with Gasteiger partial charge in [-0.25, -0.2) is 5.48 Å². The normalized spacial score (nSPS) is 21.7. The quantitative estimate of drug-likeness (QED) is 0.486. The number of hydroxylamine groups is 1. The molecule has 1 atom stereocenters. The number of carbonyl (C=O) groups is 2. The van der Waals surface area contributed by atoms with Crippen molar-refractivity contribution in [2.45, 2.75) is 25.0 Å². The Morgan fingerprint density at radius 2 is 2.07 bits per heavy atom. The van der Waals surface area contributed by atoms with Crippen molar-refractivity contribution in [2.75, 3.05) is 13.1 Å². The lowest BCUT2D eigenvalue weighted by Gasteiger charge is -2.35. The molecule has 1 amide bonds. The number of nitrogens with one attached hydrogen (secondary N) is 1. The van der Waals surface area contributed by atoms with E-state index in [2.05, 4.69) is 17.0 Å². The summed E-state index contributed by atoms with van der Waals surface area (Å²) >= 11 is 0. The average molecular weight is 378 g/mol. The van der Waals surface area contributed by atoms with Gasteiger partial charge in [0.1, 0.15) is 11.4 Å². The summed E-state index contributed by atoms with van der Waals surface area (Å²) in [4.78, 5) is 26.3. The van der Waals surface area contributed by atoms with E-state index in [9.17, 15) is 9.59 Å². The van der Waals surface area contributed by atoms with Crippen LogP contribution in [0.15, 0.2) is 54.6 Å². The molecule has 0 aromatic heterocycles. The molecular weight excluding hydrogens is 356 g/mol. The number of hydrogen-bond donors (Lipinski definition) is 2. The van der Waals surface area contributed by atoms with Crippen LogP contribution in [-0.4, -0.2) is 40.5 Å². The molecule has 0 radical (unpaired) electrons. The highest BCUT2D eigenvalue weighted by atomic mass is 16.5. The van der Waals surface area contributed by atoms with Crippen LogP contribution in [0.25, 0.3) is 6.08 Å². The molecule has 6 nitrogen and oxygen atoms in total. The number of carbonyl (C=O) groups excluding carboxylic acids is 2. The number of nitrogens with zero attached hydrogens (tertiary/aromatic N) is 1. The fourth-order valence-corrected chi connectivity index (χ4v) is 3.96. The monoisotopic (exact) mass is 378 g/mol. The van der Waals surface area contributed by atoms with Crippen molar-refractivity contribution in [1.29, 1.82) is 0 Å². The first-order chi connectivity index (χ1) is 13.6. The van der Waals surface area contributed by atoms with Gasteiger partial charge in [-0.1, -0.05) is 36.4 Å². The molecule has 0 aliphatic carbocycles. The number of amides is 1. The Morgan fingerprint density at radius 3 is 2.86 bits per heavy atom. The van der Waals surface area contributed by atoms with E-state index in [-0.39, 0.29) is 5.78 Å². The van der Waals surface area contributed by atoms with Gasteiger partial charge in [-0.05, 0) is 29.3 Å². The second-order valence-electron chi connectivity index (χ2n) is 7.40. The van der Waals surface area contributed by atoms with Crippen LogP contribution in [0.2, 0.25) is 0 Å². The lowest BCUT2D eigenvalue weighted by atomic mass is 9.88. The summed E-state index contributed by atoms with van der Waals surface area (Å²) in [6.45, 7) is 2.48. The number of ketones is 1. The molecule has 1 saturated heterocycles. The zero-order valence-electron chi connectivity index (χ0n) is 15.4. The van der Waals surface area contributed by atoms with Gasteiger partial charge in [0.05, 0.1) is 12.0 Å². The smallest absolute Gasteiger partial charge is 0.267 e. The summed E-state index contributed by atoms with van der Waals surface area (Å²) in [5, 5.41) is 8.55. The summed E-state index contributed by atoms with van der Waals surface area (Å²) in [7, 11) is 0. The van der Waals surface area contributed by atoms with Crippen molar-refractivity contribution >= 4 is 17.8 Å². The second-order valence-corrected chi connectivity index (χ2v) is 7.40. The molecule has 144 valence electrons. The molecule has 4 rings (SSSR count). The minimum atomic E-state index is -0.622. The third kappa shape index (κ3) is 3.83. The minimum absolute atomic E-state index is 0.0599. The predicted molar refractivity (Wildman–Crippen MR) is 104 cm³/mol. The first-order valence-corrected chi connectivity index (χ1v) is 9.32. The molecule has 1 unspecified atom stereocenters. The Bertz CT molecular complexity index is 925. The van der Waals surface area contributed by atoms with E-state index < -0.39 is 11.5 Å². The van der Waals surface area contributed by atoms with Crippen LogP contribution < -0.4 is 10.2 Å². The summed E-state index contributed by atoms with van der Waals surface area (Å²) < 4.78 is 6.31. The molecular formula is C22H22N2O4. The molecule has 6 heteroatoms. The molecule has 0 bridgehead atoms. The highest BCUT2D eigenvalue weighted by Gasteiger charge is 2.45. The standard InChI is InChI=1S/C22H22N2O4/c25-19-13-22(10-11-24(15-22)14-17-4-2-1-3-5-17)28-20-8-6-16(12-18(19)20)7-9-21(26)23-27/h1-9,12,27H,10-11,13-15H2,(H,23,26)/b9-7+. The minimum Gasteiger partial charge on any atom is -0.485 e. The largest absolute Gasteiger partial charge is 0.485 e. The number of fused-ring (bicyclic) bond motifs is 1. The lowest BCUT2D eigenvalue weighted by Crippen LogP contribution is -2.44. The second kappa shape index (κ2) is 7.58. The van der Waals surface area contributed by atoms with Crippen LogP contribution in [0.3, 0.4) is 0 Å². The Hall–Kier alpha value is -2.96. The SMILES string of the molecule is O=C(/C=C/c1ccc2c(c1)C(=O)CC1(CCN(Cc3ccccc3)C1)O2)NO. The van der Waals surface area contributed by atoms with Gasteiger partial charge in [-0.15, -0.1) is 0 Å². The van der Waals surface area contributed by atoms with Crippen molar-refractivity contribution in [1.82, 2.24) is 10.4 Å². The zero-order chi connectivity index (χ0) is 19.6. The fourth-order valence-electron chi connectivity index (χ4n) is 3.96. The predicted octanol–water partition coefficient (Wildman–Crippen LogP) is 2.82. The van der Waals surface area contributed by atoms with Crippen LogP contribution >= 0.6 is 0 Å².